The summed E-state index contributed by atoms with van der Waals surface area (Å²) in [4.78, 5) is 18.8. The Balaban J connectivity index is 1.45. The molecule has 0 radical (unpaired) electrons. The molecule has 11 heteroatoms. The zero-order valence-corrected chi connectivity index (χ0v) is 25.6. The van der Waals surface area contributed by atoms with E-state index in [0.29, 0.717) is 18.9 Å². The first-order valence-electron chi connectivity index (χ1n) is 14.1. The second-order valence-corrected chi connectivity index (χ2v) is 12.2. The van der Waals surface area contributed by atoms with Crippen LogP contribution < -0.4 is 11.1 Å². The van der Waals surface area contributed by atoms with Gasteiger partial charge in [0, 0.05) is 36.6 Å². The summed E-state index contributed by atoms with van der Waals surface area (Å²) in [5.74, 6) is -1.30. The number of aryl methyl sites for hydroxylation is 2. The van der Waals surface area contributed by atoms with E-state index in [0.717, 1.165) is 39.6 Å². The third-order valence-corrected chi connectivity index (χ3v) is 8.93. The molecule has 1 fully saturated rings. The van der Waals surface area contributed by atoms with Gasteiger partial charge >= 0.3 is 6.18 Å². The SMILES string of the molecule is C\C=C/C(=C\C=C\C1C[C@H](N)CC(C(=O)Nc2ccc(C(F)(F)F)cc2F)[C@@H]1C)N(C)Sc1ccc2c(c1)nc(C)n2C. The molecule has 1 saturated carbocycles. The van der Waals surface area contributed by atoms with E-state index in [1.165, 1.54) is 0 Å². The quantitative estimate of drug-likeness (QED) is 0.155. The van der Waals surface area contributed by atoms with E-state index in [2.05, 4.69) is 37.4 Å². The summed E-state index contributed by atoms with van der Waals surface area (Å²) in [6, 6.07) is 8.04. The van der Waals surface area contributed by atoms with Crippen molar-refractivity contribution in [2.75, 3.05) is 12.4 Å². The number of amides is 1. The lowest BCUT2D eigenvalue weighted by Crippen LogP contribution is -2.42. The topological polar surface area (TPSA) is 76.2 Å². The summed E-state index contributed by atoms with van der Waals surface area (Å²) in [6.07, 6.45) is 6.36. The molecule has 0 spiro atoms. The Morgan fingerprint density at radius 1 is 1.21 bits per heavy atom. The maximum Gasteiger partial charge on any atom is 0.416 e. The molecule has 0 bridgehead atoms. The van der Waals surface area contributed by atoms with Gasteiger partial charge in [0.05, 0.1) is 22.3 Å². The minimum Gasteiger partial charge on any atom is -0.331 e. The summed E-state index contributed by atoms with van der Waals surface area (Å²) in [7, 11) is 3.98. The number of rotatable bonds is 8. The van der Waals surface area contributed by atoms with Crippen molar-refractivity contribution in [2.45, 2.75) is 50.7 Å². The Morgan fingerprint density at radius 2 is 1.95 bits per heavy atom. The smallest absolute Gasteiger partial charge is 0.331 e. The number of aromatic nitrogens is 2. The Morgan fingerprint density at radius 3 is 2.63 bits per heavy atom. The first-order valence-corrected chi connectivity index (χ1v) is 14.8. The highest BCUT2D eigenvalue weighted by Crippen LogP contribution is 2.37. The number of carbonyl (C=O) groups is 1. The number of nitrogens with two attached hydrogens (primary N) is 1. The molecule has 230 valence electrons. The maximum absolute atomic E-state index is 14.4. The fraction of sp³-hybridized carbons (Fsp3) is 0.375. The molecule has 1 heterocycles. The Kier molecular flexibility index (Phi) is 10.1. The number of likely N-dealkylation sites (N-methyl/N-ethyl adjacent to an activating group) is 1. The molecule has 1 aromatic heterocycles. The standard InChI is InChI=1S/C32H37F4N5OS/c1-6-8-24(41(5)43-25-12-14-30-29(18-25)38-20(3)40(30)4)10-7-9-21-15-23(37)17-26(19(21)2)31(42)39-28-13-11-22(16-27(28)33)32(34,35)36/h6-14,16,18-19,21,23,26H,15,17,37H2,1-5H3,(H,39,42)/b8-6-,9-7+,24-10+/t19-,21?,23+,26?/m1/s1. The van der Waals surface area contributed by atoms with Crippen molar-refractivity contribution in [1.29, 1.82) is 0 Å². The van der Waals surface area contributed by atoms with Crippen LogP contribution in [0, 0.1) is 30.5 Å². The molecular formula is C32H37F4N5OS. The number of fused-ring (bicyclic) bond motifs is 1. The molecule has 2 aromatic carbocycles. The number of halogens is 4. The van der Waals surface area contributed by atoms with Gasteiger partial charge in [-0.05, 0) is 99.0 Å². The number of hydrogen-bond donors (Lipinski definition) is 2. The maximum atomic E-state index is 14.4. The van der Waals surface area contributed by atoms with E-state index < -0.39 is 29.4 Å². The van der Waals surface area contributed by atoms with Crippen LogP contribution >= 0.6 is 11.9 Å². The molecule has 2 unspecified atom stereocenters. The monoisotopic (exact) mass is 615 g/mol. The van der Waals surface area contributed by atoms with Crippen LogP contribution in [-0.4, -0.2) is 32.9 Å². The van der Waals surface area contributed by atoms with Crippen molar-refractivity contribution in [3.8, 4) is 0 Å². The van der Waals surface area contributed by atoms with Crippen molar-refractivity contribution in [1.82, 2.24) is 13.9 Å². The lowest BCUT2D eigenvalue weighted by atomic mass is 9.70. The highest BCUT2D eigenvalue weighted by molar-refractivity contribution is 7.97. The molecule has 4 atom stereocenters. The van der Waals surface area contributed by atoms with Gasteiger partial charge < -0.3 is 19.9 Å². The van der Waals surface area contributed by atoms with Crippen molar-refractivity contribution in [2.24, 2.45) is 30.5 Å². The van der Waals surface area contributed by atoms with Crippen LogP contribution in [0.15, 0.2) is 77.4 Å². The third-order valence-electron chi connectivity index (χ3n) is 7.98. The molecule has 1 aliphatic carbocycles. The minimum atomic E-state index is -4.67. The lowest BCUT2D eigenvalue weighted by molar-refractivity contribution is -0.137. The van der Waals surface area contributed by atoms with Gasteiger partial charge in [0.1, 0.15) is 11.6 Å². The molecule has 43 heavy (non-hydrogen) atoms. The van der Waals surface area contributed by atoms with Crippen molar-refractivity contribution < 1.29 is 22.4 Å². The number of benzene rings is 2. The van der Waals surface area contributed by atoms with Crippen LogP contribution in [0.1, 0.15) is 38.1 Å². The molecule has 3 aromatic rings. The number of allylic oxidation sites excluding steroid dienone is 5. The largest absolute Gasteiger partial charge is 0.416 e. The van der Waals surface area contributed by atoms with Crippen LogP contribution in [0.5, 0.6) is 0 Å². The highest BCUT2D eigenvalue weighted by atomic mass is 32.2. The second kappa shape index (κ2) is 13.4. The number of anilines is 1. The van der Waals surface area contributed by atoms with Crippen molar-refractivity contribution >= 4 is 34.6 Å². The van der Waals surface area contributed by atoms with Crippen LogP contribution in [0.3, 0.4) is 0 Å². The van der Waals surface area contributed by atoms with E-state index >= 15 is 0 Å². The number of nitrogens with zero attached hydrogens (tertiary/aromatic N) is 3. The number of hydrogen-bond acceptors (Lipinski definition) is 5. The molecule has 1 aliphatic rings. The third kappa shape index (κ3) is 7.69. The molecule has 0 saturated heterocycles. The molecule has 4 rings (SSSR count). The number of carbonyl (C=O) groups excluding carboxylic acids is 1. The van der Waals surface area contributed by atoms with Crippen LogP contribution in [0.2, 0.25) is 0 Å². The summed E-state index contributed by atoms with van der Waals surface area (Å²) in [6.45, 7) is 5.87. The number of alkyl halides is 3. The van der Waals surface area contributed by atoms with Crippen molar-refractivity contribution in [3.05, 3.63) is 89.7 Å². The summed E-state index contributed by atoms with van der Waals surface area (Å²) < 4.78 is 57.2. The predicted molar refractivity (Wildman–Crippen MR) is 164 cm³/mol. The van der Waals surface area contributed by atoms with Gasteiger partial charge in [0.2, 0.25) is 5.91 Å². The van der Waals surface area contributed by atoms with Crippen LogP contribution in [-0.2, 0) is 18.0 Å². The molecular weight excluding hydrogens is 578 g/mol. The minimum absolute atomic E-state index is 0.0205. The summed E-state index contributed by atoms with van der Waals surface area (Å²) in [5, 5.41) is 2.48. The van der Waals surface area contributed by atoms with Gasteiger partial charge in [-0.15, -0.1) is 0 Å². The fourth-order valence-electron chi connectivity index (χ4n) is 5.42. The van der Waals surface area contributed by atoms with Gasteiger partial charge in [-0.3, -0.25) is 4.79 Å². The number of nitrogens with one attached hydrogen (secondary N) is 1. The predicted octanol–water partition coefficient (Wildman–Crippen LogP) is 7.62. The zero-order valence-electron chi connectivity index (χ0n) is 24.8. The van der Waals surface area contributed by atoms with Gasteiger partial charge in [-0.2, -0.15) is 13.2 Å². The molecule has 0 aliphatic heterocycles. The molecule has 1 amide bonds. The van der Waals surface area contributed by atoms with Crippen LogP contribution in [0.25, 0.3) is 11.0 Å². The summed E-state index contributed by atoms with van der Waals surface area (Å²) in [5.41, 5.74) is 7.90. The highest BCUT2D eigenvalue weighted by Gasteiger charge is 2.37. The Labute approximate surface area is 253 Å². The van der Waals surface area contributed by atoms with E-state index in [9.17, 15) is 22.4 Å². The fourth-order valence-corrected chi connectivity index (χ4v) is 6.25. The van der Waals surface area contributed by atoms with E-state index in [1.54, 1.807) is 11.9 Å². The van der Waals surface area contributed by atoms with Crippen LogP contribution in [0.4, 0.5) is 23.2 Å². The van der Waals surface area contributed by atoms with Gasteiger partial charge in [-0.1, -0.05) is 25.2 Å². The first kappa shape index (κ1) is 32.3. The molecule has 6 nitrogen and oxygen atoms in total. The Bertz CT molecular complexity index is 1560. The number of imidazole rings is 1. The Hall–Kier alpha value is -3.57. The van der Waals surface area contributed by atoms with Gasteiger partial charge in [0.15, 0.2) is 0 Å². The molecule has 3 N–H and O–H groups in total. The second-order valence-electron chi connectivity index (χ2n) is 11.0. The lowest BCUT2D eigenvalue weighted by Gasteiger charge is -2.37. The average Bonchev–Trinajstić information content (AvgIpc) is 3.22. The van der Waals surface area contributed by atoms with Crippen molar-refractivity contribution in [3.63, 3.8) is 0 Å². The zero-order chi connectivity index (χ0) is 31.5. The normalized spacial score (nSPS) is 21.7. The van der Waals surface area contributed by atoms with E-state index in [4.69, 9.17) is 5.73 Å². The van der Waals surface area contributed by atoms with Gasteiger partial charge in [-0.25, -0.2) is 9.37 Å². The first-order chi connectivity index (χ1) is 20.3. The van der Waals surface area contributed by atoms with E-state index in [1.807, 2.05) is 65.2 Å². The van der Waals surface area contributed by atoms with E-state index in [-0.39, 0.29) is 23.6 Å². The average molecular weight is 616 g/mol. The summed E-state index contributed by atoms with van der Waals surface area (Å²) >= 11 is 1.58. The van der Waals surface area contributed by atoms with Gasteiger partial charge in [0.25, 0.3) is 0 Å².